The molecular weight excluding hydrogens is 543 g/mol. The van der Waals surface area contributed by atoms with Gasteiger partial charge in [0.2, 0.25) is 5.91 Å². The summed E-state index contributed by atoms with van der Waals surface area (Å²) in [6.07, 6.45) is -3.26. The van der Waals surface area contributed by atoms with Crippen LogP contribution < -0.4 is 20.3 Å². The predicted molar refractivity (Wildman–Crippen MR) is 149 cm³/mol. The number of amides is 1. The largest absolute Gasteiger partial charge is 0.493 e. The fraction of sp³-hybridized carbons (Fsp3) is 0.276. The topological polar surface area (TPSA) is 82.5 Å². The van der Waals surface area contributed by atoms with Gasteiger partial charge in [-0.05, 0) is 54.3 Å². The molecule has 1 heterocycles. The van der Waals surface area contributed by atoms with Gasteiger partial charge in [0.05, 0.1) is 36.4 Å². The molecular formula is C29H28F3N3O4S. The first-order valence-corrected chi connectivity index (χ1v) is 13.5. The van der Waals surface area contributed by atoms with Crippen LogP contribution in [-0.4, -0.2) is 35.4 Å². The minimum Gasteiger partial charge on any atom is -0.493 e. The monoisotopic (exact) mass is 571 g/mol. The Labute approximate surface area is 233 Å². The summed E-state index contributed by atoms with van der Waals surface area (Å²) in [7, 11) is 2.93. The molecule has 0 spiro atoms. The van der Waals surface area contributed by atoms with Crippen molar-refractivity contribution in [3.63, 3.8) is 0 Å². The molecule has 0 bridgehead atoms. The number of carbonyl (C=O) groups excluding carboxylic acids is 1. The van der Waals surface area contributed by atoms with Crippen molar-refractivity contribution in [2.24, 2.45) is 0 Å². The lowest BCUT2D eigenvalue weighted by Crippen LogP contribution is -2.25. The molecule has 1 aromatic heterocycles. The molecule has 0 radical (unpaired) electrons. The Morgan fingerprint density at radius 1 is 0.975 bits per heavy atom. The zero-order chi connectivity index (χ0) is 28.9. The highest BCUT2D eigenvalue weighted by Crippen LogP contribution is 2.32. The number of anilines is 1. The van der Waals surface area contributed by atoms with E-state index in [1.165, 1.54) is 30.9 Å². The highest BCUT2D eigenvalue weighted by Gasteiger charge is 2.30. The molecule has 0 atom stereocenters. The van der Waals surface area contributed by atoms with Crippen LogP contribution in [0.3, 0.4) is 0 Å². The van der Waals surface area contributed by atoms with Crippen LogP contribution in [0.1, 0.15) is 23.6 Å². The second-order valence-electron chi connectivity index (χ2n) is 8.91. The van der Waals surface area contributed by atoms with E-state index in [-0.39, 0.29) is 35.6 Å². The number of carbonyl (C=O) groups is 1. The summed E-state index contributed by atoms with van der Waals surface area (Å²) in [5.41, 5.74) is 1.69. The Hall–Kier alpha value is -3.99. The van der Waals surface area contributed by atoms with Gasteiger partial charge < -0.3 is 14.8 Å². The SMILES string of the molecule is CCc1ccc(NC(=O)CSc2nc3cc(OC)c(OC)cc3c(=O)n2CCc2ccc(C(F)(F)F)cc2)cc1. The number of aryl methyl sites for hydroxylation is 2. The lowest BCUT2D eigenvalue weighted by Gasteiger charge is -2.15. The highest BCUT2D eigenvalue weighted by atomic mass is 32.2. The van der Waals surface area contributed by atoms with Crippen molar-refractivity contribution in [3.05, 3.63) is 87.7 Å². The second-order valence-corrected chi connectivity index (χ2v) is 9.85. The Bertz CT molecular complexity index is 1550. The van der Waals surface area contributed by atoms with Gasteiger partial charge in [0.15, 0.2) is 16.7 Å². The summed E-state index contributed by atoms with van der Waals surface area (Å²) in [5.74, 6) is 0.469. The van der Waals surface area contributed by atoms with Gasteiger partial charge in [-0.25, -0.2) is 4.98 Å². The van der Waals surface area contributed by atoms with Gasteiger partial charge in [-0.1, -0.05) is 43.0 Å². The number of nitrogens with zero attached hydrogens (tertiary/aromatic N) is 2. The summed E-state index contributed by atoms with van der Waals surface area (Å²) < 4.78 is 51.0. The van der Waals surface area contributed by atoms with Crippen molar-refractivity contribution in [1.82, 2.24) is 9.55 Å². The molecule has 1 N–H and O–H groups in total. The number of hydrogen-bond acceptors (Lipinski definition) is 6. The summed E-state index contributed by atoms with van der Waals surface area (Å²) in [6.45, 7) is 2.19. The number of methoxy groups -OCH3 is 2. The van der Waals surface area contributed by atoms with E-state index in [4.69, 9.17) is 9.47 Å². The molecule has 210 valence electrons. The zero-order valence-corrected chi connectivity index (χ0v) is 23.0. The van der Waals surface area contributed by atoms with Crippen molar-refractivity contribution in [1.29, 1.82) is 0 Å². The third kappa shape index (κ3) is 6.77. The zero-order valence-electron chi connectivity index (χ0n) is 22.2. The maximum Gasteiger partial charge on any atom is 0.416 e. The van der Waals surface area contributed by atoms with Crippen LogP contribution in [0.15, 0.2) is 70.6 Å². The standard InChI is InChI=1S/C29H28F3N3O4S/c1-4-18-7-11-21(12-8-18)33-26(36)17-40-28-34-23-16-25(39-3)24(38-2)15-22(23)27(37)35(28)14-13-19-5-9-20(10-6-19)29(30,31)32/h5-12,15-16H,4,13-14,17H2,1-3H3,(H,33,36). The van der Waals surface area contributed by atoms with Gasteiger partial charge in [-0.3, -0.25) is 14.2 Å². The van der Waals surface area contributed by atoms with Crippen LogP contribution >= 0.6 is 11.8 Å². The number of halogens is 3. The first kappa shape index (κ1) is 29.0. The Morgan fingerprint density at radius 2 is 1.60 bits per heavy atom. The van der Waals surface area contributed by atoms with Crippen LogP contribution in [-0.2, 0) is 30.4 Å². The molecule has 0 saturated heterocycles. The predicted octanol–water partition coefficient (Wildman–Crippen LogP) is 5.97. The van der Waals surface area contributed by atoms with Crippen molar-refractivity contribution < 1.29 is 27.4 Å². The molecule has 0 aliphatic rings. The average Bonchev–Trinajstić information content (AvgIpc) is 2.95. The quantitative estimate of drug-likeness (QED) is 0.187. The van der Waals surface area contributed by atoms with E-state index in [2.05, 4.69) is 10.3 Å². The number of benzene rings is 3. The van der Waals surface area contributed by atoms with Gasteiger partial charge in [0, 0.05) is 18.3 Å². The Kier molecular flexibility index (Phi) is 9.03. The van der Waals surface area contributed by atoms with Crippen molar-refractivity contribution >= 4 is 34.3 Å². The minimum atomic E-state index is -4.43. The molecule has 0 unspecified atom stereocenters. The fourth-order valence-electron chi connectivity index (χ4n) is 4.09. The fourth-order valence-corrected chi connectivity index (χ4v) is 4.91. The van der Waals surface area contributed by atoms with E-state index in [0.29, 0.717) is 33.4 Å². The Morgan fingerprint density at radius 3 is 2.20 bits per heavy atom. The third-order valence-electron chi connectivity index (χ3n) is 6.31. The lowest BCUT2D eigenvalue weighted by atomic mass is 10.1. The maximum absolute atomic E-state index is 13.6. The van der Waals surface area contributed by atoms with Gasteiger partial charge in [-0.15, -0.1) is 0 Å². The van der Waals surface area contributed by atoms with Gasteiger partial charge in [0.25, 0.3) is 5.56 Å². The first-order chi connectivity index (χ1) is 19.1. The molecule has 40 heavy (non-hydrogen) atoms. The lowest BCUT2D eigenvalue weighted by molar-refractivity contribution is -0.137. The van der Waals surface area contributed by atoms with E-state index < -0.39 is 11.7 Å². The summed E-state index contributed by atoms with van der Waals surface area (Å²) >= 11 is 1.09. The van der Waals surface area contributed by atoms with Crippen LogP contribution in [0.4, 0.5) is 18.9 Å². The molecule has 4 rings (SSSR count). The van der Waals surface area contributed by atoms with Gasteiger partial charge >= 0.3 is 6.18 Å². The number of rotatable bonds is 10. The van der Waals surface area contributed by atoms with E-state index in [9.17, 15) is 22.8 Å². The van der Waals surface area contributed by atoms with Crippen LogP contribution in [0.25, 0.3) is 10.9 Å². The van der Waals surface area contributed by atoms with Crippen molar-refractivity contribution in [2.75, 3.05) is 25.3 Å². The number of fused-ring (bicyclic) bond motifs is 1. The van der Waals surface area contributed by atoms with E-state index in [1.807, 2.05) is 31.2 Å². The summed E-state index contributed by atoms with van der Waals surface area (Å²) in [5, 5.41) is 3.43. The number of aromatic nitrogens is 2. The summed E-state index contributed by atoms with van der Waals surface area (Å²) in [4.78, 5) is 30.9. The molecule has 4 aromatic rings. The van der Waals surface area contributed by atoms with Gasteiger partial charge in [-0.2, -0.15) is 13.2 Å². The molecule has 0 aliphatic heterocycles. The molecule has 7 nitrogen and oxygen atoms in total. The number of nitrogens with one attached hydrogen (secondary N) is 1. The molecule has 0 aliphatic carbocycles. The maximum atomic E-state index is 13.6. The molecule has 0 fully saturated rings. The number of alkyl halides is 3. The number of thioether (sulfide) groups is 1. The van der Waals surface area contributed by atoms with Crippen molar-refractivity contribution in [2.45, 2.75) is 37.6 Å². The van der Waals surface area contributed by atoms with E-state index in [0.717, 1.165) is 35.9 Å². The Balaban J connectivity index is 1.62. The molecule has 3 aromatic carbocycles. The van der Waals surface area contributed by atoms with E-state index >= 15 is 0 Å². The molecule has 0 saturated carbocycles. The van der Waals surface area contributed by atoms with Crippen LogP contribution in [0.2, 0.25) is 0 Å². The van der Waals surface area contributed by atoms with E-state index in [1.54, 1.807) is 12.1 Å². The number of hydrogen-bond donors (Lipinski definition) is 1. The van der Waals surface area contributed by atoms with Crippen molar-refractivity contribution in [3.8, 4) is 11.5 Å². The minimum absolute atomic E-state index is 0.0129. The molecule has 11 heteroatoms. The summed E-state index contributed by atoms with van der Waals surface area (Å²) in [6, 6.07) is 15.5. The van der Waals surface area contributed by atoms with Gasteiger partial charge in [0.1, 0.15) is 0 Å². The smallest absolute Gasteiger partial charge is 0.416 e. The third-order valence-corrected chi connectivity index (χ3v) is 7.28. The number of ether oxygens (including phenoxy) is 2. The normalized spacial score (nSPS) is 11.4. The first-order valence-electron chi connectivity index (χ1n) is 12.5. The molecule has 1 amide bonds. The average molecular weight is 572 g/mol. The van der Waals surface area contributed by atoms with Crippen LogP contribution in [0, 0.1) is 0 Å². The second kappa shape index (κ2) is 12.5. The highest BCUT2D eigenvalue weighted by molar-refractivity contribution is 7.99. The van der Waals surface area contributed by atoms with Crippen LogP contribution in [0.5, 0.6) is 11.5 Å².